The third-order valence-electron chi connectivity index (χ3n) is 4.53. The number of aromatic nitrogens is 1. The number of thiazole rings is 1. The first-order valence-electron chi connectivity index (χ1n) is 8.86. The molecule has 1 N–H and O–H groups in total. The molecule has 1 atom stereocenters. The number of amidine groups is 1. The van der Waals surface area contributed by atoms with E-state index in [-0.39, 0.29) is 18.2 Å². The van der Waals surface area contributed by atoms with Crippen LogP contribution in [0.4, 0.5) is 10.8 Å². The predicted octanol–water partition coefficient (Wildman–Crippen LogP) is 4.85. The van der Waals surface area contributed by atoms with E-state index in [4.69, 9.17) is 11.6 Å². The Balaban J connectivity index is 1.47. The van der Waals surface area contributed by atoms with Crippen LogP contribution in [0.5, 0.6) is 0 Å². The Morgan fingerprint density at radius 3 is 2.86 bits per heavy atom. The van der Waals surface area contributed by atoms with Gasteiger partial charge in [0.25, 0.3) is 0 Å². The lowest BCUT2D eigenvalue weighted by atomic mass is 10.2. The van der Waals surface area contributed by atoms with Crippen LogP contribution in [0.15, 0.2) is 47.5 Å². The maximum atomic E-state index is 12.6. The number of carbonyl (C=O) groups excluding carboxylic acids is 2. The highest BCUT2D eigenvalue weighted by molar-refractivity contribution is 8.15. The number of benzene rings is 2. The second kappa shape index (κ2) is 8.14. The van der Waals surface area contributed by atoms with Gasteiger partial charge in [0.05, 0.1) is 10.2 Å². The molecular weight excluding hydrogens is 428 g/mol. The summed E-state index contributed by atoms with van der Waals surface area (Å²) in [5, 5.41) is 4.04. The van der Waals surface area contributed by atoms with Crippen LogP contribution in [0.2, 0.25) is 5.02 Å². The van der Waals surface area contributed by atoms with Crippen molar-refractivity contribution in [3.8, 4) is 0 Å². The number of hydrogen-bond donors (Lipinski definition) is 1. The first-order valence-corrected chi connectivity index (χ1v) is 10.9. The number of aliphatic imine (C=N–C) groups is 1. The quantitative estimate of drug-likeness (QED) is 0.624. The molecule has 1 aliphatic heterocycles. The number of amides is 2. The van der Waals surface area contributed by atoms with Gasteiger partial charge in [0.15, 0.2) is 5.17 Å². The molecule has 9 heteroatoms. The summed E-state index contributed by atoms with van der Waals surface area (Å²) in [6.45, 7) is 1.84. The lowest BCUT2D eigenvalue weighted by molar-refractivity contribution is -0.127. The molecule has 29 heavy (non-hydrogen) atoms. The molecule has 1 aliphatic rings. The normalized spacial score (nSPS) is 18.0. The van der Waals surface area contributed by atoms with Gasteiger partial charge in [0, 0.05) is 24.2 Å². The zero-order valence-electron chi connectivity index (χ0n) is 15.7. The Hall–Kier alpha value is -2.42. The maximum Gasteiger partial charge on any atom is 0.242 e. The van der Waals surface area contributed by atoms with Gasteiger partial charge in [-0.2, -0.15) is 4.99 Å². The van der Waals surface area contributed by atoms with E-state index in [1.807, 2.05) is 31.2 Å². The Labute approximate surface area is 181 Å². The fourth-order valence-electron chi connectivity index (χ4n) is 2.90. The average Bonchev–Trinajstić information content (AvgIpc) is 3.21. The SMILES string of the molecule is Cc1c(Cl)cccc1NC(=O)C[C@@H]1SC(=Nc2nc3ccccc3s2)N(C)C1=O. The Morgan fingerprint density at radius 2 is 2.07 bits per heavy atom. The van der Waals surface area contributed by atoms with E-state index in [0.717, 1.165) is 15.8 Å². The number of nitrogens with one attached hydrogen (secondary N) is 1. The summed E-state index contributed by atoms with van der Waals surface area (Å²) in [5.74, 6) is -0.385. The van der Waals surface area contributed by atoms with Crippen LogP contribution < -0.4 is 5.32 Å². The topological polar surface area (TPSA) is 74.7 Å². The fraction of sp³-hybridized carbons (Fsp3) is 0.200. The number of anilines is 1. The first-order chi connectivity index (χ1) is 13.9. The van der Waals surface area contributed by atoms with Gasteiger partial charge >= 0.3 is 0 Å². The van der Waals surface area contributed by atoms with E-state index < -0.39 is 5.25 Å². The smallest absolute Gasteiger partial charge is 0.242 e. The minimum absolute atomic E-state index is 0.0542. The molecule has 0 aliphatic carbocycles. The third kappa shape index (κ3) is 4.14. The molecule has 0 radical (unpaired) electrons. The summed E-state index contributed by atoms with van der Waals surface area (Å²) in [6, 6.07) is 13.1. The van der Waals surface area contributed by atoms with Crippen molar-refractivity contribution >= 4 is 72.7 Å². The van der Waals surface area contributed by atoms with Crippen molar-refractivity contribution in [2.75, 3.05) is 12.4 Å². The minimum Gasteiger partial charge on any atom is -0.326 e. The summed E-state index contributed by atoms with van der Waals surface area (Å²) >= 11 is 8.85. The summed E-state index contributed by atoms with van der Waals surface area (Å²) < 4.78 is 1.04. The van der Waals surface area contributed by atoms with Crippen LogP contribution in [0.25, 0.3) is 10.2 Å². The highest BCUT2D eigenvalue weighted by Gasteiger charge is 2.37. The number of rotatable bonds is 4. The molecule has 1 saturated heterocycles. The Bertz CT molecular complexity index is 1110. The van der Waals surface area contributed by atoms with Crippen molar-refractivity contribution in [2.45, 2.75) is 18.6 Å². The van der Waals surface area contributed by atoms with E-state index >= 15 is 0 Å². The van der Waals surface area contributed by atoms with Crippen LogP contribution in [-0.4, -0.2) is 39.2 Å². The van der Waals surface area contributed by atoms with Crippen LogP contribution in [-0.2, 0) is 9.59 Å². The molecule has 2 aromatic carbocycles. The van der Waals surface area contributed by atoms with E-state index in [2.05, 4.69) is 15.3 Å². The number of nitrogens with zero attached hydrogens (tertiary/aromatic N) is 3. The molecule has 6 nitrogen and oxygen atoms in total. The lowest BCUT2D eigenvalue weighted by Crippen LogP contribution is -2.30. The van der Waals surface area contributed by atoms with E-state index in [1.54, 1.807) is 25.2 Å². The molecule has 0 spiro atoms. The van der Waals surface area contributed by atoms with Crippen LogP contribution in [0.3, 0.4) is 0 Å². The first kappa shape index (κ1) is 19.9. The zero-order chi connectivity index (χ0) is 20.5. The van der Waals surface area contributed by atoms with Gasteiger partial charge in [0.1, 0.15) is 5.25 Å². The van der Waals surface area contributed by atoms with Gasteiger partial charge in [-0.05, 0) is 36.8 Å². The largest absolute Gasteiger partial charge is 0.326 e. The molecule has 2 amide bonds. The number of fused-ring (bicyclic) bond motifs is 1. The van der Waals surface area contributed by atoms with Crippen LogP contribution in [0.1, 0.15) is 12.0 Å². The van der Waals surface area contributed by atoms with Crippen molar-refractivity contribution in [3.05, 3.63) is 53.1 Å². The third-order valence-corrected chi connectivity index (χ3v) is 7.10. The molecule has 3 aromatic rings. The second-order valence-corrected chi connectivity index (χ2v) is 9.11. The summed E-state index contributed by atoms with van der Waals surface area (Å²) in [6.07, 6.45) is 0.0542. The molecule has 4 rings (SSSR count). The zero-order valence-corrected chi connectivity index (χ0v) is 18.1. The Kier molecular flexibility index (Phi) is 5.58. The van der Waals surface area contributed by atoms with Gasteiger partial charge < -0.3 is 5.32 Å². The van der Waals surface area contributed by atoms with E-state index in [9.17, 15) is 9.59 Å². The van der Waals surface area contributed by atoms with Gasteiger partial charge in [-0.25, -0.2) is 4.98 Å². The number of thioether (sulfide) groups is 1. The summed E-state index contributed by atoms with van der Waals surface area (Å²) in [7, 11) is 1.67. The monoisotopic (exact) mass is 444 g/mol. The number of hydrogen-bond acceptors (Lipinski definition) is 6. The molecule has 1 fully saturated rings. The number of para-hydroxylation sites is 1. The van der Waals surface area contributed by atoms with Gasteiger partial charge in [-0.15, -0.1) is 0 Å². The van der Waals surface area contributed by atoms with Crippen molar-refractivity contribution in [3.63, 3.8) is 0 Å². The molecule has 148 valence electrons. The molecule has 0 bridgehead atoms. The molecule has 0 saturated carbocycles. The molecular formula is C20H17ClN4O2S2. The predicted molar refractivity (Wildman–Crippen MR) is 120 cm³/mol. The van der Waals surface area contributed by atoms with Gasteiger partial charge in [-0.3, -0.25) is 14.5 Å². The van der Waals surface area contributed by atoms with Crippen LogP contribution >= 0.6 is 34.7 Å². The number of halogens is 1. The standard InChI is InChI=1S/C20H17ClN4O2S2/c1-11-12(21)6-5-8-13(11)22-17(26)10-16-18(27)25(2)20(29-16)24-19-23-14-7-3-4-9-15(14)28-19/h3-9,16H,10H2,1-2H3,(H,22,26)/t16-/m0/s1. The van der Waals surface area contributed by atoms with E-state index in [1.165, 1.54) is 28.0 Å². The van der Waals surface area contributed by atoms with Crippen molar-refractivity contribution in [1.29, 1.82) is 0 Å². The number of carbonyl (C=O) groups is 2. The minimum atomic E-state index is -0.521. The average molecular weight is 445 g/mol. The van der Waals surface area contributed by atoms with Crippen LogP contribution in [0, 0.1) is 6.92 Å². The van der Waals surface area contributed by atoms with Crippen molar-refractivity contribution in [1.82, 2.24) is 9.88 Å². The maximum absolute atomic E-state index is 12.6. The van der Waals surface area contributed by atoms with Gasteiger partial charge in [0.2, 0.25) is 16.9 Å². The van der Waals surface area contributed by atoms with Gasteiger partial charge in [-0.1, -0.05) is 52.9 Å². The van der Waals surface area contributed by atoms with Crippen molar-refractivity contribution < 1.29 is 9.59 Å². The second-order valence-electron chi connectivity index (χ2n) is 6.53. The fourth-order valence-corrected chi connectivity index (χ4v) is 5.10. The lowest BCUT2D eigenvalue weighted by Gasteiger charge is -2.11. The highest BCUT2D eigenvalue weighted by atomic mass is 35.5. The van der Waals surface area contributed by atoms with Crippen molar-refractivity contribution in [2.24, 2.45) is 4.99 Å². The molecule has 1 aromatic heterocycles. The molecule has 0 unspecified atom stereocenters. The highest BCUT2D eigenvalue weighted by Crippen LogP contribution is 2.34. The molecule has 2 heterocycles. The summed E-state index contributed by atoms with van der Waals surface area (Å²) in [4.78, 5) is 35.6. The Morgan fingerprint density at radius 1 is 1.28 bits per heavy atom. The summed E-state index contributed by atoms with van der Waals surface area (Å²) in [5.41, 5.74) is 2.32. The van der Waals surface area contributed by atoms with E-state index in [0.29, 0.717) is 21.0 Å².